The molecule has 1 saturated heterocycles. The Balaban J connectivity index is 1.97. The third-order valence-electron chi connectivity index (χ3n) is 3.75. The number of nitrogens with zero attached hydrogens (tertiary/aromatic N) is 1. The van der Waals surface area contributed by atoms with Gasteiger partial charge in [-0.05, 0) is 37.0 Å². The normalized spacial score (nSPS) is 17.9. The van der Waals surface area contributed by atoms with Crippen LogP contribution in [0.3, 0.4) is 0 Å². The lowest BCUT2D eigenvalue weighted by atomic mass is 9.99. The van der Waals surface area contributed by atoms with Gasteiger partial charge in [0, 0.05) is 34.7 Å². The van der Waals surface area contributed by atoms with Crippen molar-refractivity contribution in [2.45, 2.75) is 19.8 Å². The van der Waals surface area contributed by atoms with E-state index in [1.54, 1.807) is 0 Å². The van der Waals surface area contributed by atoms with Gasteiger partial charge in [0.2, 0.25) is 0 Å². The summed E-state index contributed by atoms with van der Waals surface area (Å²) in [5.41, 5.74) is 2.58. The summed E-state index contributed by atoms with van der Waals surface area (Å²) in [4.78, 5) is 5.87. The number of aromatic amines is 1. The second-order valence-electron chi connectivity index (χ2n) is 5.03. The van der Waals surface area contributed by atoms with E-state index in [9.17, 15) is 0 Å². The van der Waals surface area contributed by atoms with Gasteiger partial charge >= 0.3 is 0 Å². The maximum atomic E-state index is 3.55. The van der Waals surface area contributed by atoms with Crippen molar-refractivity contribution < 1.29 is 0 Å². The Morgan fingerprint density at radius 2 is 2.06 bits per heavy atom. The molecule has 1 fully saturated rings. The molecule has 90 valence electrons. The number of hydrogen-bond acceptors (Lipinski definition) is 1. The molecule has 0 unspecified atom stereocenters. The zero-order chi connectivity index (χ0) is 11.8. The summed E-state index contributed by atoms with van der Waals surface area (Å²) in [6.45, 7) is 4.71. The number of H-pyrrole nitrogens is 1. The predicted molar refractivity (Wildman–Crippen MR) is 76.6 cm³/mol. The first-order valence-electron chi connectivity index (χ1n) is 6.25. The number of halogens is 1. The molecule has 0 atom stereocenters. The minimum absolute atomic E-state index is 0.878. The zero-order valence-electron chi connectivity index (χ0n) is 10.0. The van der Waals surface area contributed by atoms with Crippen molar-refractivity contribution in [3.8, 4) is 0 Å². The zero-order valence-corrected chi connectivity index (χ0v) is 11.6. The summed E-state index contributed by atoms with van der Waals surface area (Å²) in [6, 6.07) is 6.43. The molecule has 0 saturated carbocycles. The van der Waals surface area contributed by atoms with Gasteiger partial charge in [0.15, 0.2) is 0 Å². The van der Waals surface area contributed by atoms with Crippen LogP contribution in [0.1, 0.15) is 19.8 Å². The van der Waals surface area contributed by atoms with Crippen LogP contribution in [0.25, 0.3) is 10.9 Å². The van der Waals surface area contributed by atoms with Crippen molar-refractivity contribution in [3.05, 3.63) is 28.9 Å². The smallest absolute Gasteiger partial charge is 0.0624 e. The van der Waals surface area contributed by atoms with Gasteiger partial charge in [-0.3, -0.25) is 0 Å². The number of benzene rings is 1. The van der Waals surface area contributed by atoms with E-state index in [1.165, 1.54) is 42.5 Å². The van der Waals surface area contributed by atoms with Crippen LogP contribution < -0.4 is 4.90 Å². The average molecular weight is 293 g/mol. The van der Waals surface area contributed by atoms with E-state index in [0.717, 1.165) is 10.4 Å². The van der Waals surface area contributed by atoms with Gasteiger partial charge in [-0.2, -0.15) is 0 Å². The Labute approximate surface area is 110 Å². The van der Waals surface area contributed by atoms with Gasteiger partial charge in [0.1, 0.15) is 0 Å². The largest absolute Gasteiger partial charge is 0.370 e. The summed E-state index contributed by atoms with van der Waals surface area (Å²) >= 11 is 3.55. The second kappa shape index (κ2) is 4.37. The lowest BCUT2D eigenvalue weighted by Crippen LogP contribution is -2.32. The molecule has 1 aromatic heterocycles. The number of piperidine rings is 1. The molecule has 1 N–H and O–H groups in total. The number of nitrogens with one attached hydrogen (secondary N) is 1. The first-order valence-corrected chi connectivity index (χ1v) is 7.05. The van der Waals surface area contributed by atoms with Crippen LogP contribution in [0, 0.1) is 5.92 Å². The first kappa shape index (κ1) is 11.1. The molecule has 0 spiro atoms. The lowest BCUT2D eigenvalue weighted by Gasteiger charge is -2.31. The van der Waals surface area contributed by atoms with Crippen LogP contribution in [0.15, 0.2) is 28.9 Å². The van der Waals surface area contributed by atoms with Crippen molar-refractivity contribution in [1.29, 1.82) is 0 Å². The molecule has 2 heterocycles. The Morgan fingerprint density at radius 1 is 1.29 bits per heavy atom. The van der Waals surface area contributed by atoms with Gasteiger partial charge < -0.3 is 9.88 Å². The number of anilines is 1. The van der Waals surface area contributed by atoms with Crippen molar-refractivity contribution in [2.75, 3.05) is 18.0 Å². The SMILES string of the molecule is CC1CCN(c2c[nH]c3ccc(Br)cc23)CC1. The lowest BCUT2D eigenvalue weighted by molar-refractivity contribution is 0.439. The summed E-state index contributed by atoms with van der Waals surface area (Å²) < 4.78 is 1.15. The van der Waals surface area contributed by atoms with Gasteiger partial charge in [-0.25, -0.2) is 0 Å². The van der Waals surface area contributed by atoms with E-state index in [4.69, 9.17) is 0 Å². The van der Waals surface area contributed by atoms with E-state index in [0.29, 0.717) is 0 Å². The molecule has 17 heavy (non-hydrogen) atoms. The molecule has 2 aromatic rings. The molecule has 3 rings (SSSR count). The Morgan fingerprint density at radius 3 is 2.82 bits per heavy atom. The van der Waals surface area contributed by atoms with Crippen molar-refractivity contribution in [2.24, 2.45) is 5.92 Å². The van der Waals surface area contributed by atoms with Gasteiger partial charge in [0.25, 0.3) is 0 Å². The summed E-state index contributed by atoms with van der Waals surface area (Å²) in [5.74, 6) is 0.878. The third-order valence-corrected chi connectivity index (χ3v) is 4.24. The monoisotopic (exact) mass is 292 g/mol. The highest BCUT2D eigenvalue weighted by Gasteiger charge is 2.18. The van der Waals surface area contributed by atoms with E-state index < -0.39 is 0 Å². The highest BCUT2D eigenvalue weighted by Crippen LogP contribution is 2.31. The topological polar surface area (TPSA) is 19.0 Å². The summed E-state index contributed by atoms with van der Waals surface area (Å²) in [6.07, 6.45) is 4.76. The van der Waals surface area contributed by atoms with E-state index in [2.05, 4.69) is 57.1 Å². The Kier molecular flexibility index (Phi) is 2.87. The minimum Gasteiger partial charge on any atom is -0.370 e. The highest BCUT2D eigenvalue weighted by atomic mass is 79.9. The van der Waals surface area contributed by atoms with Crippen LogP contribution in [-0.4, -0.2) is 18.1 Å². The number of aromatic nitrogens is 1. The molecule has 2 nitrogen and oxygen atoms in total. The van der Waals surface area contributed by atoms with Crippen molar-refractivity contribution >= 4 is 32.5 Å². The van der Waals surface area contributed by atoms with Crippen LogP contribution >= 0.6 is 15.9 Å². The van der Waals surface area contributed by atoms with Gasteiger partial charge in [-0.1, -0.05) is 22.9 Å². The van der Waals surface area contributed by atoms with E-state index in [-0.39, 0.29) is 0 Å². The predicted octanol–water partition coefficient (Wildman–Crippen LogP) is 4.17. The standard InChI is InChI=1S/C14H17BrN2/c1-10-4-6-17(7-5-10)14-9-16-13-3-2-11(15)8-12(13)14/h2-3,8-10,16H,4-7H2,1H3. The molecule has 0 radical (unpaired) electrons. The van der Waals surface area contributed by atoms with Gasteiger partial charge in [-0.15, -0.1) is 0 Å². The Hall–Kier alpha value is -0.960. The summed E-state index contributed by atoms with van der Waals surface area (Å²) in [7, 11) is 0. The molecule has 0 bridgehead atoms. The molecular formula is C14H17BrN2. The Bertz CT molecular complexity index is 524. The fraction of sp³-hybridized carbons (Fsp3) is 0.429. The van der Waals surface area contributed by atoms with E-state index >= 15 is 0 Å². The van der Waals surface area contributed by atoms with Crippen LogP contribution in [0.4, 0.5) is 5.69 Å². The maximum Gasteiger partial charge on any atom is 0.0624 e. The second-order valence-corrected chi connectivity index (χ2v) is 5.95. The molecule has 0 amide bonds. The quantitative estimate of drug-likeness (QED) is 0.836. The van der Waals surface area contributed by atoms with Crippen LogP contribution in [-0.2, 0) is 0 Å². The number of rotatable bonds is 1. The molecule has 0 aliphatic carbocycles. The molecule has 1 aromatic carbocycles. The molecular weight excluding hydrogens is 276 g/mol. The van der Waals surface area contributed by atoms with Crippen LogP contribution in [0.5, 0.6) is 0 Å². The van der Waals surface area contributed by atoms with Crippen molar-refractivity contribution in [1.82, 2.24) is 4.98 Å². The van der Waals surface area contributed by atoms with Crippen molar-refractivity contribution in [3.63, 3.8) is 0 Å². The summed E-state index contributed by atoms with van der Waals surface area (Å²) in [5, 5.41) is 1.33. The fourth-order valence-electron chi connectivity index (χ4n) is 2.59. The van der Waals surface area contributed by atoms with Crippen LogP contribution in [0.2, 0.25) is 0 Å². The number of fused-ring (bicyclic) bond motifs is 1. The van der Waals surface area contributed by atoms with E-state index in [1.807, 2.05) is 0 Å². The average Bonchev–Trinajstić information content (AvgIpc) is 2.73. The molecule has 3 heteroatoms. The molecule has 1 aliphatic heterocycles. The maximum absolute atomic E-state index is 3.55. The fourth-order valence-corrected chi connectivity index (χ4v) is 2.95. The molecule has 1 aliphatic rings. The minimum atomic E-state index is 0.878. The van der Waals surface area contributed by atoms with Gasteiger partial charge in [0.05, 0.1) is 5.69 Å². The third kappa shape index (κ3) is 2.08. The first-order chi connectivity index (χ1) is 8.24. The number of hydrogen-bond donors (Lipinski definition) is 1. The highest BCUT2D eigenvalue weighted by molar-refractivity contribution is 9.10.